The Morgan fingerprint density at radius 1 is 0.500 bits per heavy atom. The summed E-state index contributed by atoms with van der Waals surface area (Å²) >= 11 is 0. The van der Waals surface area contributed by atoms with Crippen LogP contribution < -0.4 is 11.1 Å². The van der Waals surface area contributed by atoms with Gasteiger partial charge in [-0.15, -0.1) is 0 Å². The minimum absolute atomic E-state index is 0.512. The van der Waals surface area contributed by atoms with Gasteiger partial charge in [-0.2, -0.15) is 0 Å². The van der Waals surface area contributed by atoms with Crippen LogP contribution in [0.1, 0.15) is 19.5 Å². The highest BCUT2D eigenvalue weighted by Crippen LogP contribution is 2.31. The van der Waals surface area contributed by atoms with E-state index in [1.807, 2.05) is 184 Å². The third kappa shape index (κ3) is 5.99. The minimum Gasteiger partial charge on any atom is -0.271 e. The molecule has 0 aliphatic carbocycles. The molecule has 0 amide bonds. The second-order valence-corrected chi connectivity index (χ2v) is 13.3. The van der Waals surface area contributed by atoms with Gasteiger partial charge in [0.2, 0.25) is 0 Å². The average Bonchev–Trinajstić information content (AvgIpc) is 3.25. The van der Waals surface area contributed by atoms with E-state index >= 15 is 0 Å². The number of nitrogens with zero attached hydrogens (tertiary/aromatic N) is 6. The molecule has 0 saturated heterocycles. The van der Waals surface area contributed by atoms with Crippen molar-refractivity contribution >= 4 is 38.4 Å². The molecule has 0 atom stereocenters. The maximum absolute atomic E-state index is 14.3. The van der Waals surface area contributed by atoms with Crippen LogP contribution in [0.15, 0.2) is 179 Å². The van der Waals surface area contributed by atoms with E-state index in [1.54, 1.807) is 0 Å². The van der Waals surface area contributed by atoms with Gasteiger partial charge in [0, 0.05) is 27.5 Å². The summed E-state index contributed by atoms with van der Waals surface area (Å²) in [4.78, 5) is 48.5. The molecule has 3 aromatic heterocycles. The molecule has 6 aromatic carbocycles. The molecule has 0 radical (unpaired) electrons. The number of rotatable bonds is 7. The lowest BCUT2D eigenvalue weighted by atomic mass is 10.0. The monoisotopic (exact) mass is 726 g/mol. The van der Waals surface area contributed by atoms with Crippen molar-refractivity contribution in [2.24, 2.45) is 0 Å². The number of hydrogen-bond acceptors (Lipinski definition) is 6. The number of fused-ring (bicyclic) bond motifs is 3. The topological polar surface area (TPSA) is 95.6 Å². The van der Waals surface area contributed by atoms with Gasteiger partial charge in [0.1, 0.15) is 0 Å². The quantitative estimate of drug-likeness (QED) is 0.120. The fourth-order valence-corrected chi connectivity index (χ4v) is 7.27. The molecule has 0 N–H and O–H groups in total. The Bertz CT molecular complexity index is 3160. The highest BCUT2D eigenvalue weighted by atomic mass is 16.2. The molecule has 0 bridgehead atoms. The van der Waals surface area contributed by atoms with Gasteiger partial charge in [-0.3, -0.25) is 18.7 Å². The van der Waals surface area contributed by atoms with E-state index in [2.05, 4.69) is 0 Å². The molecule has 268 valence electrons. The van der Waals surface area contributed by atoms with Crippen molar-refractivity contribution in [3.05, 3.63) is 196 Å². The van der Waals surface area contributed by atoms with Gasteiger partial charge in [0.05, 0.1) is 44.8 Å². The number of para-hydroxylation sites is 4. The van der Waals surface area contributed by atoms with Gasteiger partial charge in [0.25, 0.3) is 0 Å². The first-order valence-electron chi connectivity index (χ1n) is 18.4. The molecule has 9 rings (SSSR count). The number of hydrogen-bond donors (Lipinski definition) is 0. The van der Waals surface area contributed by atoms with Crippen molar-refractivity contribution in [1.82, 2.24) is 29.1 Å². The predicted molar refractivity (Wildman–Crippen MR) is 226 cm³/mol. The SMILES string of the molecule is C/C=C\C(=C/C)c1nc(-c2cccc(-n3c(=O)c(=O)n(-c4cccc(-c5nc(-c6ccccc6)c6ccccc6n5)c4)c4ccccc43)c2)nc2ccccc12. The third-order valence-electron chi connectivity index (χ3n) is 9.86. The van der Waals surface area contributed by atoms with Crippen LogP contribution in [0, 0.1) is 0 Å². The van der Waals surface area contributed by atoms with Crippen LogP contribution in [0.3, 0.4) is 0 Å². The molecule has 8 nitrogen and oxygen atoms in total. The molecular formula is C48H34N6O2. The van der Waals surface area contributed by atoms with Gasteiger partial charge in [-0.1, -0.05) is 121 Å². The molecule has 0 saturated carbocycles. The molecule has 0 aliphatic heterocycles. The van der Waals surface area contributed by atoms with E-state index in [0.717, 1.165) is 44.3 Å². The van der Waals surface area contributed by atoms with Crippen LogP contribution in [0.25, 0.3) is 83.8 Å². The molecule has 9 aromatic rings. The second kappa shape index (κ2) is 14.3. The highest BCUT2D eigenvalue weighted by Gasteiger charge is 2.19. The Kier molecular flexibility index (Phi) is 8.76. The lowest BCUT2D eigenvalue weighted by Gasteiger charge is -2.17. The van der Waals surface area contributed by atoms with E-state index in [1.165, 1.54) is 9.13 Å². The standard InChI is InChI=1S/C48H34N6O2/c1-3-16-31(4-2)43-37-23-8-10-25-39(37)49-45(51-43)33-19-14-21-35(29-33)53-41-27-12-13-28-42(41)54(48(56)47(53)55)36-22-15-20-34(30-36)46-50-40-26-11-9-24-38(40)44(52-46)32-17-6-5-7-18-32/h3-30H,1-2H3/b16-3-,31-4+. The van der Waals surface area contributed by atoms with Gasteiger partial charge in [0.15, 0.2) is 11.6 Å². The molecule has 0 spiro atoms. The minimum atomic E-state index is -0.691. The lowest BCUT2D eigenvalue weighted by Crippen LogP contribution is -2.40. The largest absolute Gasteiger partial charge is 0.321 e. The first-order chi connectivity index (χ1) is 27.5. The summed E-state index contributed by atoms with van der Waals surface area (Å²) in [5.74, 6) is 1.02. The Balaban J connectivity index is 1.18. The summed E-state index contributed by atoms with van der Waals surface area (Å²) in [5, 5.41) is 1.88. The van der Waals surface area contributed by atoms with Crippen molar-refractivity contribution in [1.29, 1.82) is 0 Å². The third-order valence-corrected chi connectivity index (χ3v) is 9.86. The van der Waals surface area contributed by atoms with Gasteiger partial charge in [-0.05, 0) is 68.0 Å². The van der Waals surface area contributed by atoms with Crippen LogP contribution >= 0.6 is 0 Å². The van der Waals surface area contributed by atoms with Crippen LogP contribution in [0.4, 0.5) is 0 Å². The first-order valence-corrected chi connectivity index (χ1v) is 18.4. The zero-order valence-electron chi connectivity index (χ0n) is 30.7. The van der Waals surface area contributed by atoms with Crippen molar-refractivity contribution in [3.8, 4) is 45.4 Å². The van der Waals surface area contributed by atoms with Gasteiger partial charge in [-0.25, -0.2) is 19.9 Å². The van der Waals surface area contributed by atoms with Crippen LogP contribution in [-0.4, -0.2) is 29.1 Å². The Morgan fingerprint density at radius 3 is 1.59 bits per heavy atom. The van der Waals surface area contributed by atoms with E-state index in [-0.39, 0.29) is 0 Å². The fraction of sp³-hybridized carbons (Fsp3) is 0.0417. The number of benzene rings is 6. The zero-order chi connectivity index (χ0) is 38.2. The van der Waals surface area contributed by atoms with Crippen molar-refractivity contribution in [2.75, 3.05) is 0 Å². The number of aromatic nitrogens is 6. The van der Waals surface area contributed by atoms with Crippen molar-refractivity contribution in [3.63, 3.8) is 0 Å². The lowest BCUT2D eigenvalue weighted by molar-refractivity contribution is 0.918. The normalized spacial score (nSPS) is 11.9. The zero-order valence-corrected chi connectivity index (χ0v) is 30.7. The Labute approximate surface area is 322 Å². The first kappa shape index (κ1) is 34.2. The molecule has 0 aliphatic rings. The molecule has 8 heteroatoms. The molecule has 0 fully saturated rings. The van der Waals surface area contributed by atoms with Crippen LogP contribution in [0.2, 0.25) is 0 Å². The van der Waals surface area contributed by atoms with Crippen molar-refractivity contribution in [2.45, 2.75) is 13.8 Å². The van der Waals surface area contributed by atoms with Crippen LogP contribution in [-0.2, 0) is 0 Å². The predicted octanol–water partition coefficient (Wildman–Crippen LogP) is 10.0. The Morgan fingerprint density at radius 2 is 1.00 bits per heavy atom. The highest BCUT2D eigenvalue weighted by molar-refractivity contribution is 5.95. The fourth-order valence-electron chi connectivity index (χ4n) is 7.27. The molecule has 56 heavy (non-hydrogen) atoms. The summed E-state index contributed by atoms with van der Waals surface area (Å²) < 4.78 is 2.94. The van der Waals surface area contributed by atoms with E-state index in [9.17, 15) is 9.59 Å². The molecular weight excluding hydrogens is 693 g/mol. The van der Waals surface area contributed by atoms with E-state index < -0.39 is 11.1 Å². The summed E-state index contributed by atoms with van der Waals surface area (Å²) in [6.07, 6.45) is 6.05. The second-order valence-electron chi connectivity index (χ2n) is 13.3. The summed E-state index contributed by atoms with van der Waals surface area (Å²) in [6.45, 7) is 3.96. The maximum atomic E-state index is 14.3. The van der Waals surface area contributed by atoms with Gasteiger partial charge < -0.3 is 0 Å². The Hall–Kier alpha value is -7.58. The summed E-state index contributed by atoms with van der Waals surface area (Å²) in [7, 11) is 0. The summed E-state index contributed by atoms with van der Waals surface area (Å²) in [5.41, 5.74) is 7.41. The van der Waals surface area contributed by atoms with Crippen LogP contribution in [0.5, 0.6) is 0 Å². The van der Waals surface area contributed by atoms with Gasteiger partial charge >= 0.3 is 11.1 Å². The van der Waals surface area contributed by atoms with Crippen molar-refractivity contribution < 1.29 is 0 Å². The summed E-state index contributed by atoms with van der Waals surface area (Å²) in [6, 6.07) is 48.2. The smallest absolute Gasteiger partial charge is 0.271 e. The molecule has 3 heterocycles. The maximum Gasteiger partial charge on any atom is 0.321 e. The molecule has 0 unspecified atom stereocenters. The average molecular weight is 727 g/mol. The van der Waals surface area contributed by atoms with E-state index in [4.69, 9.17) is 19.9 Å². The number of allylic oxidation sites excluding steroid dienone is 4. The van der Waals surface area contributed by atoms with E-state index in [0.29, 0.717) is 45.2 Å².